The molecule has 0 saturated heterocycles. The average molecular weight is 470 g/mol. The second-order valence-electron chi connectivity index (χ2n) is 8.05. The van der Waals surface area contributed by atoms with Crippen LogP contribution in [0.3, 0.4) is 0 Å². The number of aromatic nitrogens is 1. The van der Waals surface area contributed by atoms with Crippen molar-refractivity contribution in [3.05, 3.63) is 58.8 Å². The first-order chi connectivity index (χ1) is 10.5. The molecular weight excluding hydrogens is 440 g/mol. The number of halogens is 2. The third-order valence-corrected chi connectivity index (χ3v) is 4.83. The van der Waals surface area contributed by atoms with Crippen molar-refractivity contribution >= 4 is 10.9 Å². The van der Waals surface area contributed by atoms with Crippen LogP contribution in [0.2, 0.25) is 0 Å². The van der Waals surface area contributed by atoms with Crippen LogP contribution in [0.15, 0.2) is 41.0 Å². The summed E-state index contributed by atoms with van der Waals surface area (Å²) in [6.07, 6.45) is 6.66. The Morgan fingerprint density at radius 1 is 0.962 bits per heavy atom. The van der Waals surface area contributed by atoms with Crippen LogP contribution < -0.4 is 24.8 Å². The van der Waals surface area contributed by atoms with Crippen molar-refractivity contribution in [2.45, 2.75) is 60.8 Å². The molecule has 3 rings (SSSR count). The number of nitrogens with one attached hydrogen (secondary N) is 1. The second-order valence-corrected chi connectivity index (χ2v) is 8.05. The topological polar surface area (TPSA) is 15.8 Å². The quantitative estimate of drug-likeness (QED) is 0.538. The molecule has 0 amide bonds. The summed E-state index contributed by atoms with van der Waals surface area (Å²) in [5.41, 5.74) is 7.00. The first kappa shape index (κ1) is 27.9. The summed E-state index contributed by atoms with van der Waals surface area (Å²) in [5.74, 6) is 0. The van der Waals surface area contributed by atoms with E-state index in [1.54, 1.807) is 0 Å². The van der Waals surface area contributed by atoms with Crippen LogP contribution in [0.1, 0.15) is 61.0 Å². The minimum Gasteiger partial charge on any atom is -1.00 e. The molecule has 0 saturated carbocycles. The summed E-state index contributed by atoms with van der Waals surface area (Å²) < 4.78 is 0. The van der Waals surface area contributed by atoms with Gasteiger partial charge in [-0.2, -0.15) is 16.5 Å². The van der Waals surface area contributed by atoms with E-state index in [-0.39, 0.29) is 61.8 Å². The van der Waals surface area contributed by atoms with Crippen LogP contribution >= 0.6 is 0 Å². The number of rotatable bonds is 0. The number of benzene rings is 1. The van der Waals surface area contributed by atoms with Crippen molar-refractivity contribution in [2.24, 2.45) is 5.41 Å². The predicted octanol–water partition coefficient (Wildman–Crippen LogP) is 0.383. The van der Waals surface area contributed by atoms with Crippen LogP contribution in [0, 0.1) is 17.7 Å². The van der Waals surface area contributed by atoms with Crippen LogP contribution in [0.25, 0.3) is 10.9 Å². The Labute approximate surface area is 191 Å². The van der Waals surface area contributed by atoms with Crippen molar-refractivity contribution in [2.75, 3.05) is 0 Å². The summed E-state index contributed by atoms with van der Waals surface area (Å²) in [6.45, 7) is 17.5. The van der Waals surface area contributed by atoms with Gasteiger partial charge in [-0.25, -0.2) is 5.57 Å². The van der Waals surface area contributed by atoms with Gasteiger partial charge in [0, 0.05) is 0 Å². The third-order valence-electron chi connectivity index (χ3n) is 4.83. The molecule has 0 atom stereocenters. The summed E-state index contributed by atoms with van der Waals surface area (Å²) >= 11 is 0. The minimum absolute atomic E-state index is 0. The van der Waals surface area contributed by atoms with E-state index in [9.17, 15) is 0 Å². The number of allylic oxidation sites excluding steroid dienone is 4. The van der Waals surface area contributed by atoms with E-state index in [0.717, 1.165) is 0 Å². The molecule has 140 valence electrons. The Morgan fingerprint density at radius 2 is 1.50 bits per heavy atom. The summed E-state index contributed by atoms with van der Waals surface area (Å²) in [4.78, 5) is 3.17. The van der Waals surface area contributed by atoms with E-state index in [1.807, 2.05) is 6.07 Å². The van der Waals surface area contributed by atoms with E-state index >= 15 is 0 Å². The van der Waals surface area contributed by atoms with Crippen molar-refractivity contribution in [1.82, 2.24) is 4.98 Å². The molecule has 0 radical (unpaired) electrons. The molecule has 0 bridgehead atoms. The Balaban J connectivity index is 0. The van der Waals surface area contributed by atoms with Crippen molar-refractivity contribution in [3.63, 3.8) is 0 Å². The molecule has 0 fully saturated rings. The molecule has 1 aliphatic rings. The zero-order valence-electron chi connectivity index (χ0n) is 17.1. The Bertz CT molecular complexity index is 777. The standard InChI is InChI=1S/C12H14N.C10H15.2ClH.Zr/c1-12(2,3)10-8-13-11-7-5-4-6-9(10)11;1-7-6-10(4,5)9(3)8(7)2;;;/h4-7,13H,1-3H3;1-5H3;2*1H;/q2*-1;;;+4/p-2. The van der Waals surface area contributed by atoms with Gasteiger partial charge in [0.15, 0.2) is 0 Å². The average Bonchev–Trinajstić information content (AvgIpc) is 2.95. The number of hydrogen-bond acceptors (Lipinski definition) is 0. The van der Waals surface area contributed by atoms with Crippen LogP contribution in [0.5, 0.6) is 0 Å². The molecule has 4 heteroatoms. The SMILES string of the molecule is CC(C)(C)c1[c-][nH]c2ccccc12.CC1=[C-]C(C)(C)C(C)=C1C.[Cl-].[Cl-].[Zr+4]. The van der Waals surface area contributed by atoms with Crippen LogP contribution in [-0.2, 0) is 31.6 Å². The molecule has 0 aliphatic heterocycles. The van der Waals surface area contributed by atoms with Gasteiger partial charge in [0.05, 0.1) is 0 Å². The Kier molecular flexibility index (Phi) is 11.1. The van der Waals surface area contributed by atoms with Gasteiger partial charge in [0.25, 0.3) is 0 Å². The largest absolute Gasteiger partial charge is 4.00 e. The normalized spacial score (nSPS) is 15.2. The van der Waals surface area contributed by atoms with E-state index in [2.05, 4.69) is 90.8 Å². The van der Waals surface area contributed by atoms with Crippen molar-refractivity contribution in [3.8, 4) is 0 Å². The number of hydrogen-bond donors (Lipinski definition) is 1. The fraction of sp³-hybridized carbons (Fsp3) is 0.455. The predicted molar refractivity (Wildman–Crippen MR) is 100 cm³/mol. The molecule has 0 unspecified atom stereocenters. The van der Waals surface area contributed by atoms with Crippen LogP contribution in [-0.4, -0.2) is 4.98 Å². The van der Waals surface area contributed by atoms with Gasteiger partial charge in [-0.1, -0.05) is 66.0 Å². The van der Waals surface area contributed by atoms with Gasteiger partial charge in [-0.05, 0) is 5.41 Å². The molecule has 1 heterocycles. The summed E-state index contributed by atoms with van der Waals surface area (Å²) in [6, 6.07) is 8.34. The monoisotopic (exact) mass is 467 g/mol. The molecule has 1 aliphatic carbocycles. The van der Waals surface area contributed by atoms with Crippen molar-refractivity contribution in [1.29, 1.82) is 0 Å². The zero-order valence-corrected chi connectivity index (χ0v) is 21.0. The molecule has 1 N–H and O–H groups in total. The Morgan fingerprint density at radius 3 is 1.88 bits per heavy atom. The van der Waals surface area contributed by atoms with E-state index < -0.39 is 0 Å². The molecule has 1 nitrogen and oxygen atoms in total. The Hall–Kier alpha value is -0.297. The fourth-order valence-corrected chi connectivity index (χ4v) is 3.01. The molecule has 2 aromatic rings. The molecule has 26 heavy (non-hydrogen) atoms. The van der Waals surface area contributed by atoms with E-state index in [1.165, 1.54) is 33.2 Å². The van der Waals surface area contributed by atoms with Gasteiger partial charge in [0.1, 0.15) is 0 Å². The van der Waals surface area contributed by atoms with Gasteiger partial charge in [-0.3, -0.25) is 6.08 Å². The van der Waals surface area contributed by atoms with Crippen LogP contribution in [0.4, 0.5) is 0 Å². The molecule has 1 aromatic heterocycles. The molecule has 0 spiro atoms. The summed E-state index contributed by atoms with van der Waals surface area (Å²) in [5, 5.41) is 1.29. The van der Waals surface area contributed by atoms with E-state index in [4.69, 9.17) is 0 Å². The second kappa shape index (κ2) is 10.3. The zero-order chi connectivity index (χ0) is 17.4. The fourth-order valence-electron chi connectivity index (χ4n) is 3.01. The maximum Gasteiger partial charge on any atom is 4.00 e. The first-order valence-electron chi connectivity index (χ1n) is 8.33. The number of para-hydroxylation sites is 1. The summed E-state index contributed by atoms with van der Waals surface area (Å²) in [7, 11) is 0. The van der Waals surface area contributed by atoms with Gasteiger partial charge in [0.2, 0.25) is 0 Å². The smallest absolute Gasteiger partial charge is 1.00 e. The number of fused-ring (bicyclic) bond motifs is 1. The van der Waals surface area contributed by atoms with Crippen molar-refractivity contribution < 1.29 is 51.0 Å². The maximum absolute atomic E-state index is 3.44. The first-order valence-corrected chi connectivity index (χ1v) is 8.33. The molecular formula is C22H29Cl2NZr. The van der Waals surface area contributed by atoms with Gasteiger partial charge < -0.3 is 29.8 Å². The minimum atomic E-state index is 0. The molecule has 1 aromatic carbocycles. The number of aromatic amines is 1. The third kappa shape index (κ3) is 6.11. The van der Waals surface area contributed by atoms with E-state index in [0.29, 0.717) is 0 Å². The van der Waals surface area contributed by atoms with Gasteiger partial charge >= 0.3 is 26.2 Å². The van der Waals surface area contributed by atoms with Gasteiger partial charge in [-0.15, -0.1) is 36.3 Å². The maximum atomic E-state index is 3.44. The number of H-pyrrole nitrogens is 1.